The molecule has 1 saturated heterocycles. The zero-order valence-corrected chi connectivity index (χ0v) is 25.8. The second-order valence-corrected chi connectivity index (χ2v) is 11.2. The van der Waals surface area contributed by atoms with Gasteiger partial charge in [-0.1, -0.05) is 47.5 Å². The number of aliphatic carboxylic acids is 1. The van der Waals surface area contributed by atoms with Gasteiger partial charge in [-0.05, 0) is 30.7 Å². The molecule has 1 aliphatic heterocycles. The third-order valence-corrected chi connectivity index (χ3v) is 8.13. The first kappa shape index (κ1) is 32.1. The second kappa shape index (κ2) is 14.7. The molecule has 3 heterocycles. The van der Waals surface area contributed by atoms with Crippen LogP contribution in [0.25, 0.3) is 22.4 Å². The van der Waals surface area contributed by atoms with Crippen LogP contribution in [0.5, 0.6) is 5.75 Å². The molecule has 1 unspecified atom stereocenters. The number of carbonyl (C=O) groups excluding carboxylic acids is 1. The highest BCUT2D eigenvalue weighted by Gasteiger charge is 2.21. The Hall–Kier alpha value is -4.29. The van der Waals surface area contributed by atoms with Crippen molar-refractivity contribution in [2.45, 2.75) is 32.0 Å². The molecule has 5 rings (SSSR count). The molecule has 2 aromatic heterocycles. The number of carboxylic acids is 1. The van der Waals surface area contributed by atoms with E-state index in [1.807, 2.05) is 18.2 Å². The highest BCUT2D eigenvalue weighted by Crippen LogP contribution is 2.41. The molecule has 0 saturated carbocycles. The average molecular weight is 654 g/mol. The number of hydrogen-bond donors (Lipinski definition) is 5. The van der Waals surface area contributed by atoms with Crippen LogP contribution < -0.4 is 26.0 Å². The van der Waals surface area contributed by atoms with E-state index in [0.717, 1.165) is 17.5 Å². The van der Waals surface area contributed by atoms with Crippen LogP contribution in [0, 0.1) is 5.82 Å². The van der Waals surface area contributed by atoms with Crippen LogP contribution in [0.15, 0.2) is 60.9 Å². The quantitative estimate of drug-likeness (QED) is 0.126. The number of nitrogens with zero attached hydrogens (tertiary/aromatic N) is 2. The smallest absolute Gasteiger partial charge is 0.317 e. The first-order chi connectivity index (χ1) is 21.7. The summed E-state index contributed by atoms with van der Waals surface area (Å²) in [5.41, 5.74) is 4.10. The fraction of sp³-hybridized carbons (Fsp3) is 0.250. The van der Waals surface area contributed by atoms with E-state index in [4.69, 9.17) is 33.0 Å². The number of carbonyl (C=O) groups is 2. The predicted molar refractivity (Wildman–Crippen MR) is 171 cm³/mol. The van der Waals surface area contributed by atoms with E-state index in [0.29, 0.717) is 57.8 Å². The molecule has 0 aliphatic carbocycles. The predicted octanol–water partition coefficient (Wildman–Crippen LogP) is 5.55. The van der Waals surface area contributed by atoms with Crippen molar-refractivity contribution in [2.24, 2.45) is 0 Å². The van der Waals surface area contributed by atoms with Crippen molar-refractivity contribution < 1.29 is 23.8 Å². The number of carboxylic acid groups (broad SMARTS) is 1. The Morgan fingerprint density at radius 1 is 1.04 bits per heavy atom. The van der Waals surface area contributed by atoms with E-state index in [1.54, 1.807) is 37.6 Å². The van der Waals surface area contributed by atoms with Crippen molar-refractivity contribution in [2.75, 3.05) is 25.5 Å². The summed E-state index contributed by atoms with van der Waals surface area (Å²) < 4.78 is 20.8. The second-order valence-electron chi connectivity index (χ2n) is 10.4. The Bertz CT molecular complexity index is 1720. The number of aromatic nitrogens is 2. The average Bonchev–Trinajstić information content (AvgIpc) is 3.45. The lowest BCUT2D eigenvalue weighted by atomic mass is 10.0. The molecule has 0 spiro atoms. The Kier molecular flexibility index (Phi) is 10.5. The molecule has 5 N–H and O–H groups in total. The molecule has 234 valence electrons. The maximum Gasteiger partial charge on any atom is 0.317 e. The summed E-state index contributed by atoms with van der Waals surface area (Å²) in [5, 5.41) is 21.4. The van der Waals surface area contributed by atoms with Crippen LogP contribution in [-0.4, -0.2) is 53.2 Å². The van der Waals surface area contributed by atoms with Crippen molar-refractivity contribution in [3.63, 3.8) is 0 Å². The molecule has 45 heavy (non-hydrogen) atoms. The maximum absolute atomic E-state index is 15.2. The number of anilines is 2. The van der Waals surface area contributed by atoms with E-state index in [2.05, 4.69) is 31.2 Å². The first-order valence-corrected chi connectivity index (χ1v) is 14.9. The summed E-state index contributed by atoms with van der Waals surface area (Å²) in [6.45, 7) is 0.937. The summed E-state index contributed by atoms with van der Waals surface area (Å²) in [4.78, 5) is 30.9. The fourth-order valence-electron chi connectivity index (χ4n) is 5.08. The number of rotatable bonds is 13. The van der Waals surface area contributed by atoms with Gasteiger partial charge in [0.15, 0.2) is 11.6 Å². The standard InChI is InChI=1S/C32H31Cl2FN6O4/c1-45-25-13-18(5-6-19(25)14-36-16-21-7-8-26(42)40-21)31-29(34)23(10-12-38-31)22-3-2-4-24(28(22)33)41-32-30(35)20(9-11-39-32)15-37-17-27(43)44/h2-6,9-13,21,36-37H,7-8,14-17H2,1H3,(H,39,41)(H,40,42)(H,43,44). The zero-order valence-electron chi connectivity index (χ0n) is 24.3. The van der Waals surface area contributed by atoms with Crippen LogP contribution >= 0.6 is 23.2 Å². The highest BCUT2D eigenvalue weighted by molar-refractivity contribution is 6.39. The Labute approximate surface area is 269 Å². The number of pyridine rings is 2. The summed E-state index contributed by atoms with van der Waals surface area (Å²) in [6, 6.07) is 14.3. The van der Waals surface area contributed by atoms with Crippen LogP contribution in [0.1, 0.15) is 24.0 Å². The number of hydrogen-bond acceptors (Lipinski definition) is 8. The van der Waals surface area contributed by atoms with Gasteiger partial charge in [-0.15, -0.1) is 0 Å². The molecule has 1 amide bonds. The Morgan fingerprint density at radius 2 is 1.82 bits per heavy atom. The minimum absolute atomic E-state index is 0.0148. The number of halogens is 3. The molecule has 2 aromatic carbocycles. The van der Waals surface area contributed by atoms with Crippen LogP contribution in [0.3, 0.4) is 0 Å². The van der Waals surface area contributed by atoms with E-state index in [1.165, 1.54) is 12.3 Å². The number of ether oxygens (including phenoxy) is 1. The van der Waals surface area contributed by atoms with E-state index < -0.39 is 11.8 Å². The van der Waals surface area contributed by atoms with Gasteiger partial charge in [-0.2, -0.15) is 0 Å². The molecular weight excluding hydrogens is 622 g/mol. The van der Waals surface area contributed by atoms with Crippen molar-refractivity contribution in [3.05, 3.63) is 87.9 Å². The van der Waals surface area contributed by atoms with Gasteiger partial charge in [0.1, 0.15) is 5.75 Å². The summed E-state index contributed by atoms with van der Waals surface area (Å²) in [6.07, 6.45) is 4.44. The minimum Gasteiger partial charge on any atom is -0.496 e. The lowest BCUT2D eigenvalue weighted by Gasteiger charge is -2.16. The highest BCUT2D eigenvalue weighted by atomic mass is 35.5. The molecule has 10 nitrogen and oxygen atoms in total. The first-order valence-electron chi connectivity index (χ1n) is 14.2. The van der Waals surface area contributed by atoms with E-state index >= 15 is 4.39 Å². The van der Waals surface area contributed by atoms with Gasteiger partial charge in [0.05, 0.1) is 35.1 Å². The molecule has 0 radical (unpaired) electrons. The van der Waals surface area contributed by atoms with Crippen molar-refractivity contribution in [3.8, 4) is 28.1 Å². The van der Waals surface area contributed by atoms with Gasteiger partial charge < -0.3 is 31.1 Å². The SMILES string of the molecule is COc1cc(-c2nccc(-c3cccc(Nc4nccc(CNCC(=O)O)c4F)c3Cl)c2Cl)ccc1CNCC1CCC(=O)N1. The van der Waals surface area contributed by atoms with Gasteiger partial charge in [0, 0.05) is 72.3 Å². The normalized spacial score (nSPS) is 14.3. The third kappa shape index (κ3) is 7.69. The summed E-state index contributed by atoms with van der Waals surface area (Å²) in [5.74, 6) is -0.975. The van der Waals surface area contributed by atoms with Crippen LogP contribution in [-0.2, 0) is 22.7 Å². The number of nitrogens with one attached hydrogen (secondary N) is 4. The zero-order chi connectivity index (χ0) is 31.9. The largest absolute Gasteiger partial charge is 0.496 e. The minimum atomic E-state index is -1.04. The Morgan fingerprint density at radius 3 is 2.58 bits per heavy atom. The molecule has 1 fully saturated rings. The van der Waals surface area contributed by atoms with Crippen molar-refractivity contribution in [1.29, 1.82) is 0 Å². The topological polar surface area (TPSA) is 138 Å². The monoisotopic (exact) mass is 652 g/mol. The summed E-state index contributed by atoms with van der Waals surface area (Å²) >= 11 is 13.8. The molecular formula is C32H31Cl2FN6O4. The van der Waals surface area contributed by atoms with Crippen molar-refractivity contribution in [1.82, 2.24) is 25.9 Å². The molecule has 1 aliphatic rings. The lowest BCUT2D eigenvalue weighted by Crippen LogP contribution is -2.35. The third-order valence-electron chi connectivity index (χ3n) is 7.34. The van der Waals surface area contributed by atoms with Crippen molar-refractivity contribution >= 4 is 46.6 Å². The number of amides is 1. The lowest BCUT2D eigenvalue weighted by molar-refractivity contribution is -0.136. The van der Waals surface area contributed by atoms with E-state index in [-0.39, 0.29) is 36.4 Å². The Balaban J connectivity index is 1.36. The van der Waals surface area contributed by atoms with Crippen LogP contribution in [0.4, 0.5) is 15.9 Å². The van der Waals surface area contributed by atoms with Gasteiger partial charge in [-0.25, -0.2) is 9.37 Å². The number of methoxy groups -OCH3 is 1. The van der Waals surface area contributed by atoms with Gasteiger partial charge >= 0.3 is 5.97 Å². The van der Waals surface area contributed by atoms with Gasteiger partial charge in [-0.3, -0.25) is 14.6 Å². The maximum atomic E-state index is 15.2. The van der Waals surface area contributed by atoms with Gasteiger partial charge in [0.25, 0.3) is 0 Å². The van der Waals surface area contributed by atoms with E-state index in [9.17, 15) is 9.59 Å². The fourth-order valence-corrected chi connectivity index (χ4v) is 5.68. The van der Waals surface area contributed by atoms with Crippen LogP contribution in [0.2, 0.25) is 10.0 Å². The molecule has 1 atom stereocenters. The molecule has 0 bridgehead atoms. The molecule has 4 aromatic rings. The summed E-state index contributed by atoms with van der Waals surface area (Å²) in [7, 11) is 1.60. The number of benzene rings is 2. The molecule has 13 heteroatoms. The van der Waals surface area contributed by atoms with Gasteiger partial charge in [0.2, 0.25) is 5.91 Å².